The van der Waals surface area contributed by atoms with Gasteiger partial charge >= 0.3 is 5.97 Å². The highest BCUT2D eigenvalue weighted by molar-refractivity contribution is 5.66. The molecular weight excluding hydrogens is 176 g/mol. The maximum Gasteiger partial charge on any atom is 0.325 e. The predicted molar refractivity (Wildman–Crippen MR) is 41.0 cm³/mol. The molecule has 1 aromatic heterocycles. The van der Waals surface area contributed by atoms with Gasteiger partial charge in [0.1, 0.15) is 6.54 Å². The first-order chi connectivity index (χ1) is 6.24. The molecular formula is C6H10N4O3. The average Bonchev–Trinajstić information content (AvgIpc) is 2.48. The van der Waals surface area contributed by atoms with Crippen LogP contribution in [0.1, 0.15) is 5.82 Å². The van der Waals surface area contributed by atoms with E-state index in [0.29, 0.717) is 18.9 Å². The number of rotatable bonds is 5. The van der Waals surface area contributed by atoms with Crippen molar-refractivity contribution >= 4 is 5.97 Å². The van der Waals surface area contributed by atoms with Gasteiger partial charge in [-0.3, -0.25) is 4.79 Å². The molecule has 0 aliphatic heterocycles. The van der Waals surface area contributed by atoms with Crippen molar-refractivity contribution in [2.24, 2.45) is 0 Å². The van der Waals surface area contributed by atoms with Crippen LogP contribution in [0.25, 0.3) is 0 Å². The fraction of sp³-hybridized carbons (Fsp3) is 0.667. The molecule has 1 N–H and O–H groups in total. The van der Waals surface area contributed by atoms with Gasteiger partial charge in [-0.15, -0.1) is 5.10 Å². The minimum Gasteiger partial charge on any atom is -0.480 e. The monoisotopic (exact) mass is 186 g/mol. The third-order valence-corrected chi connectivity index (χ3v) is 1.42. The lowest BCUT2D eigenvalue weighted by atomic mass is 10.4. The Morgan fingerprint density at radius 1 is 1.69 bits per heavy atom. The number of hydrogen-bond acceptors (Lipinski definition) is 5. The van der Waals surface area contributed by atoms with Gasteiger partial charge in [0, 0.05) is 13.5 Å². The summed E-state index contributed by atoms with van der Waals surface area (Å²) in [4.78, 5) is 10.3. The fourth-order valence-corrected chi connectivity index (χ4v) is 0.847. The van der Waals surface area contributed by atoms with Crippen molar-refractivity contribution in [1.82, 2.24) is 20.2 Å². The zero-order valence-electron chi connectivity index (χ0n) is 7.17. The number of nitrogens with zero attached hydrogens (tertiary/aromatic N) is 4. The largest absolute Gasteiger partial charge is 0.480 e. The zero-order valence-corrected chi connectivity index (χ0v) is 7.17. The molecule has 1 rings (SSSR count). The molecule has 1 heterocycles. The van der Waals surface area contributed by atoms with E-state index in [4.69, 9.17) is 9.84 Å². The van der Waals surface area contributed by atoms with Crippen LogP contribution in [0.15, 0.2) is 0 Å². The molecule has 0 amide bonds. The number of methoxy groups -OCH3 is 1. The second-order valence-electron chi connectivity index (χ2n) is 2.39. The Hall–Kier alpha value is -1.50. The highest BCUT2D eigenvalue weighted by Gasteiger charge is 2.08. The van der Waals surface area contributed by atoms with E-state index >= 15 is 0 Å². The second kappa shape index (κ2) is 4.51. The van der Waals surface area contributed by atoms with Gasteiger partial charge in [0.2, 0.25) is 0 Å². The van der Waals surface area contributed by atoms with Gasteiger partial charge in [-0.25, -0.2) is 4.68 Å². The van der Waals surface area contributed by atoms with Crippen molar-refractivity contribution < 1.29 is 14.6 Å². The Morgan fingerprint density at radius 2 is 2.46 bits per heavy atom. The number of hydrogen-bond donors (Lipinski definition) is 1. The van der Waals surface area contributed by atoms with Crippen LogP contribution in [0, 0.1) is 0 Å². The lowest BCUT2D eigenvalue weighted by molar-refractivity contribution is -0.138. The summed E-state index contributed by atoms with van der Waals surface area (Å²) in [5, 5.41) is 19.1. The lowest BCUT2D eigenvalue weighted by Crippen LogP contribution is -2.14. The van der Waals surface area contributed by atoms with Crippen LogP contribution in [0.2, 0.25) is 0 Å². The van der Waals surface area contributed by atoms with E-state index < -0.39 is 5.97 Å². The van der Waals surface area contributed by atoms with Gasteiger partial charge in [-0.05, 0) is 10.4 Å². The highest BCUT2D eigenvalue weighted by atomic mass is 16.5. The first-order valence-corrected chi connectivity index (χ1v) is 3.70. The van der Waals surface area contributed by atoms with E-state index in [1.807, 2.05) is 0 Å². The maximum absolute atomic E-state index is 10.3. The van der Waals surface area contributed by atoms with Crippen LogP contribution in [-0.2, 0) is 22.5 Å². The summed E-state index contributed by atoms with van der Waals surface area (Å²) in [5.41, 5.74) is 0. The smallest absolute Gasteiger partial charge is 0.325 e. The third kappa shape index (κ3) is 2.79. The Labute approximate surface area is 74.3 Å². The van der Waals surface area contributed by atoms with Crippen molar-refractivity contribution in [3.63, 3.8) is 0 Å². The summed E-state index contributed by atoms with van der Waals surface area (Å²) in [6, 6.07) is 0. The van der Waals surface area contributed by atoms with Crippen LogP contribution >= 0.6 is 0 Å². The molecule has 1 aromatic rings. The normalized spacial score (nSPS) is 10.2. The molecule has 0 fully saturated rings. The minimum absolute atomic E-state index is 0.216. The highest BCUT2D eigenvalue weighted by Crippen LogP contribution is 1.93. The number of carboxylic acids is 1. The third-order valence-electron chi connectivity index (χ3n) is 1.42. The minimum atomic E-state index is -0.967. The van der Waals surface area contributed by atoms with Gasteiger partial charge in [0.15, 0.2) is 5.82 Å². The Morgan fingerprint density at radius 3 is 3.08 bits per heavy atom. The van der Waals surface area contributed by atoms with Crippen LogP contribution in [0.5, 0.6) is 0 Å². The summed E-state index contributed by atoms with van der Waals surface area (Å²) in [7, 11) is 1.56. The summed E-state index contributed by atoms with van der Waals surface area (Å²) in [5.74, 6) is -0.449. The molecule has 0 bridgehead atoms. The number of aromatic nitrogens is 4. The fourth-order valence-electron chi connectivity index (χ4n) is 0.847. The van der Waals surface area contributed by atoms with Crippen molar-refractivity contribution in [2.75, 3.05) is 13.7 Å². The maximum atomic E-state index is 10.3. The number of aliphatic carboxylic acids is 1. The molecule has 0 aromatic carbocycles. The van der Waals surface area contributed by atoms with Gasteiger partial charge in [0.05, 0.1) is 6.61 Å². The van der Waals surface area contributed by atoms with Crippen molar-refractivity contribution in [2.45, 2.75) is 13.0 Å². The Bertz CT molecular complexity index is 285. The van der Waals surface area contributed by atoms with E-state index in [9.17, 15) is 4.79 Å². The number of tetrazole rings is 1. The van der Waals surface area contributed by atoms with Gasteiger partial charge in [0.25, 0.3) is 0 Å². The SMILES string of the molecule is COCCc1nnnn1CC(=O)O. The summed E-state index contributed by atoms with van der Waals surface area (Å²) >= 11 is 0. The second-order valence-corrected chi connectivity index (χ2v) is 2.39. The topological polar surface area (TPSA) is 90.1 Å². The molecule has 13 heavy (non-hydrogen) atoms. The molecule has 0 aliphatic carbocycles. The van der Waals surface area contributed by atoms with Crippen LogP contribution < -0.4 is 0 Å². The van der Waals surface area contributed by atoms with Crippen molar-refractivity contribution in [3.05, 3.63) is 5.82 Å². The molecule has 72 valence electrons. The molecule has 0 aliphatic rings. The zero-order chi connectivity index (χ0) is 9.68. The molecule has 0 spiro atoms. The number of carboxylic acid groups (broad SMARTS) is 1. The summed E-state index contributed by atoms with van der Waals surface area (Å²) in [6.45, 7) is 0.256. The molecule has 7 nitrogen and oxygen atoms in total. The Kier molecular flexibility index (Phi) is 3.32. The van der Waals surface area contributed by atoms with Crippen LogP contribution in [0.3, 0.4) is 0 Å². The number of ether oxygens (including phenoxy) is 1. The predicted octanol–water partition coefficient (Wildman–Crippen LogP) is -1.05. The molecule has 0 saturated heterocycles. The first-order valence-electron chi connectivity index (χ1n) is 3.70. The van der Waals surface area contributed by atoms with E-state index in [1.165, 1.54) is 4.68 Å². The molecule has 0 unspecified atom stereocenters. The standard InChI is InChI=1S/C6H10N4O3/c1-13-3-2-5-7-8-9-10(5)4-6(11)12/h2-4H2,1H3,(H,11,12). The van der Waals surface area contributed by atoms with Gasteiger partial charge in [-0.2, -0.15) is 0 Å². The van der Waals surface area contributed by atoms with Gasteiger partial charge < -0.3 is 9.84 Å². The summed E-state index contributed by atoms with van der Waals surface area (Å²) in [6.07, 6.45) is 0.511. The van der Waals surface area contributed by atoms with E-state index in [2.05, 4.69) is 15.5 Å². The van der Waals surface area contributed by atoms with Crippen LogP contribution in [-0.4, -0.2) is 45.0 Å². The van der Waals surface area contributed by atoms with E-state index in [0.717, 1.165) is 0 Å². The molecule has 0 radical (unpaired) electrons. The van der Waals surface area contributed by atoms with Gasteiger partial charge in [-0.1, -0.05) is 0 Å². The molecule has 0 atom stereocenters. The molecule has 7 heteroatoms. The van der Waals surface area contributed by atoms with Crippen LogP contribution in [0.4, 0.5) is 0 Å². The Balaban J connectivity index is 2.60. The lowest BCUT2D eigenvalue weighted by Gasteiger charge is -1.99. The molecule has 0 saturated carbocycles. The van der Waals surface area contributed by atoms with Crippen molar-refractivity contribution in [1.29, 1.82) is 0 Å². The number of carbonyl (C=O) groups is 1. The quantitative estimate of drug-likeness (QED) is 0.630. The van der Waals surface area contributed by atoms with E-state index in [-0.39, 0.29) is 6.54 Å². The van der Waals surface area contributed by atoms with Crippen molar-refractivity contribution in [3.8, 4) is 0 Å². The summed E-state index contributed by atoms with van der Waals surface area (Å²) < 4.78 is 6.06. The van der Waals surface area contributed by atoms with E-state index in [1.54, 1.807) is 7.11 Å². The average molecular weight is 186 g/mol. The first kappa shape index (κ1) is 9.59.